The molecule has 0 fully saturated rings. The second kappa shape index (κ2) is 7.27. The Balaban J connectivity index is 1.91. The van der Waals surface area contributed by atoms with Gasteiger partial charge in [-0.1, -0.05) is 0 Å². The first-order valence-corrected chi connectivity index (χ1v) is 9.05. The SMILES string of the molecule is COc1ccc(Oc2c(OC)cc(-n3c(C)ccc3C)c3ncccc23)cc1. The molecular formula is C23H22N2O3. The Labute approximate surface area is 164 Å². The van der Waals surface area contributed by atoms with Crippen LogP contribution in [0.2, 0.25) is 0 Å². The first-order valence-electron chi connectivity index (χ1n) is 9.05. The highest BCUT2D eigenvalue weighted by molar-refractivity contribution is 5.94. The lowest BCUT2D eigenvalue weighted by Gasteiger charge is -2.18. The van der Waals surface area contributed by atoms with Crippen molar-refractivity contribution in [3.8, 4) is 28.7 Å². The van der Waals surface area contributed by atoms with Gasteiger partial charge in [-0.2, -0.15) is 0 Å². The smallest absolute Gasteiger partial charge is 0.178 e. The Hall–Kier alpha value is -3.47. The molecule has 0 atom stereocenters. The summed E-state index contributed by atoms with van der Waals surface area (Å²) in [6.45, 7) is 4.16. The van der Waals surface area contributed by atoms with Crippen LogP contribution in [0, 0.1) is 13.8 Å². The number of rotatable bonds is 5. The van der Waals surface area contributed by atoms with Crippen LogP contribution < -0.4 is 14.2 Å². The van der Waals surface area contributed by atoms with Gasteiger partial charge < -0.3 is 18.8 Å². The number of benzene rings is 2. The number of aryl methyl sites for hydroxylation is 2. The maximum atomic E-state index is 6.22. The van der Waals surface area contributed by atoms with Crippen molar-refractivity contribution in [2.45, 2.75) is 13.8 Å². The second-order valence-electron chi connectivity index (χ2n) is 6.56. The first kappa shape index (κ1) is 17.9. The van der Waals surface area contributed by atoms with Gasteiger partial charge in [0.15, 0.2) is 11.5 Å². The van der Waals surface area contributed by atoms with Crippen molar-refractivity contribution >= 4 is 10.9 Å². The molecule has 5 nitrogen and oxygen atoms in total. The van der Waals surface area contributed by atoms with Crippen LogP contribution in [0.15, 0.2) is 60.8 Å². The zero-order chi connectivity index (χ0) is 19.7. The summed E-state index contributed by atoms with van der Waals surface area (Å²) in [5.41, 5.74) is 4.09. The van der Waals surface area contributed by atoms with E-state index >= 15 is 0 Å². The van der Waals surface area contributed by atoms with Gasteiger partial charge in [0, 0.05) is 29.0 Å². The van der Waals surface area contributed by atoms with Gasteiger partial charge >= 0.3 is 0 Å². The largest absolute Gasteiger partial charge is 0.497 e. The van der Waals surface area contributed by atoms with Crippen LogP contribution in [-0.2, 0) is 0 Å². The van der Waals surface area contributed by atoms with Crippen LogP contribution in [0.1, 0.15) is 11.4 Å². The lowest BCUT2D eigenvalue weighted by Crippen LogP contribution is -2.03. The van der Waals surface area contributed by atoms with Crippen LogP contribution in [0.5, 0.6) is 23.0 Å². The van der Waals surface area contributed by atoms with Gasteiger partial charge in [-0.25, -0.2) is 0 Å². The van der Waals surface area contributed by atoms with E-state index in [2.05, 4.69) is 35.5 Å². The van der Waals surface area contributed by atoms with Crippen molar-refractivity contribution in [2.75, 3.05) is 14.2 Å². The number of nitrogens with zero attached hydrogens (tertiary/aromatic N) is 2. The third kappa shape index (κ3) is 3.05. The minimum atomic E-state index is 0.641. The standard InChI is InChI=1S/C23H22N2O3/c1-15-7-8-16(2)25(15)20-14-21(27-4)23(19-6-5-13-24-22(19)20)28-18-11-9-17(26-3)10-12-18/h5-14H,1-4H3. The third-order valence-corrected chi connectivity index (χ3v) is 4.80. The highest BCUT2D eigenvalue weighted by Crippen LogP contribution is 2.41. The molecule has 28 heavy (non-hydrogen) atoms. The van der Waals surface area contributed by atoms with E-state index in [0.717, 1.165) is 33.7 Å². The molecule has 2 heterocycles. The third-order valence-electron chi connectivity index (χ3n) is 4.80. The van der Waals surface area contributed by atoms with E-state index < -0.39 is 0 Å². The van der Waals surface area contributed by atoms with Crippen molar-refractivity contribution in [1.82, 2.24) is 9.55 Å². The van der Waals surface area contributed by atoms with E-state index in [-0.39, 0.29) is 0 Å². The maximum absolute atomic E-state index is 6.22. The van der Waals surface area contributed by atoms with Crippen LogP contribution in [0.3, 0.4) is 0 Å². The monoisotopic (exact) mass is 374 g/mol. The van der Waals surface area contributed by atoms with Crippen molar-refractivity contribution in [3.63, 3.8) is 0 Å². The lowest BCUT2D eigenvalue weighted by molar-refractivity contribution is 0.380. The zero-order valence-corrected chi connectivity index (χ0v) is 16.4. The summed E-state index contributed by atoms with van der Waals surface area (Å²) in [4.78, 5) is 4.65. The van der Waals surface area contributed by atoms with Gasteiger partial charge in [0.1, 0.15) is 11.5 Å². The minimum Gasteiger partial charge on any atom is -0.497 e. The predicted octanol–water partition coefficient (Wildman–Crippen LogP) is 5.45. The molecule has 5 heteroatoms. The second-order valence-corrected chi connectivity index (χ2v) is 6.56. The molecule has 142 valence electrons. The number of pyridine rings is 1. The fraction of sp³-hybridized carbons (Fsp3) is 0.174. The van der Waals surface area contributed by atoms with E-state index in [1.165, 1.54) is 0 Å². The highest BCUT2D eigenvalue weighted by Gasteiger charge is 2.18. The van der Waals surface area contributed by atoms with Gasteiger partial charge in [-0.15, -0.1) is 0 Å². The Morgan fingerprint density at radius 3 is 2.14 bits per heavy atom. The molecule has 0 aliphatic rings. The van der Waals surface area contributed by atoms with E-state index in [1.807, 2.05) is 42.5 Å². The highest BCUT2D eigenvalue weighted by atomic mass is 16.5. The first-order chi connectivity index (χ1) is 13.6. The molecule has 0 amide bonds. The van der Waals surface area contributed by atoms with Gasteiger partial charge in [0.05, 0.1) is 25.4 Å². The minimum absolute atomic E-state index is 0.641. The molecule has 4 rings (SSSR count). The Kier molecular flexibility index (Phi) is 4.65. The van der Waals surface area contributed by atoms with Gasteiger partial charge in [-0.3, -0.25) is 4.98 Å². The molecule has 0 aliphatic carbocycles. The number of aromatic nitrogens is 2. The van der Waals surface area contributed by atoms with Crippen LogP contribution in [0.4, 0.5) is 0 Å². The molecule has 0 saturated heterocycles. The Morgan fingerprint density at radius 1 is 0.821 bits per heavy atom. The average molecular weight is 374 g/mol. The molecule has 2 aromatic heterocycles. The summed E-state index contributed by atoms with van der Waals surface area (Å²) < 4.78 is 19.3. The van der Waals surface area contributed by atoms with E-state index in [0.29, 0.717) is 17.2 Å². The molecular weight excluding hydrogens is 352 g/mol. The molecule has 0 aliphatic heterocycles. The average Bonchev–Trinajstić information content (AvgIpc) is 3.07. The number of ether oxygens (including phenoxy) is 3. The van der Waals surface area contributed by atoms with Crippen molar-refractivity contribution in [3.05, 3.63) is 72.2 Å². The summed E-state index contributed by atoms with van der Waals surface area (Å²) in [6, 6.07) is 17.5. The fourth-order valence-corrected chi connectivity index (χ4v) is 3.42. The summed E-state index contributed by atoms with van der Waals surface area (Å²) in [7, 11) is 3.29. The molecule has 0 spiro atoms. The number of fused-ring (bicyclic) bond motifs is 1. The topological polar surface area (TPSA) is 45.5 Å². The van der Waals surface area contributed by atoms with E-state index in [4.69, 9.17) is 14.2 Å². The quantitative estimate of drug-likeness (QED) is 0.466. The molecule has 0 unspecified atom stereocenters. The Bertz CT molecular complexity index is 1110. The molecule has 0 bridgehead atoms. The number of hydrogen-bond acceptors (Lipinski definition) is 4. The van der Waals surface area contributed by atoms with Crippen LogP contribution in [-0.4, -0.2) is 23.8 Å². The van der Waals surface area contributed by atoms with Crippen molar-refractivity contribution in [2.24, 2.45) is 0 Å². The summed E-state index contributed by atoms with van der Waals surface area (Å²) in [6.07, 6.45) is 1.80. The summed E-state index contributed by atoms with van der Waals surface area (Å²) in [5.74, 6) is 2.77. The number of methoxy groups -OCH3 is 2. The molecule has 0 N–H and O–H groups in total. The van der Waals surface area contributed by atoms with Crippen molar-refractivity contribution < 1.29 is 14.2 Å². The van der Waals surface area contributed by atoms with Crippen molar-refractivity contribution in [1.29, 1.82) is 0 Å². The maximum Gasteiger partial charge on any atom is 0.178 e. The summed E-state index contributed by atoms with van der Waals surface area (Å²) >= 11 is 0. The van der Waals surface area contributed by atoms with E-state index in [1.54, 1.807) is 20.4 Å². The summed E-state index contributed by atoms with van der Waals surface area (Å²) in [5, 5.41) is 0.889. The van der Waals surface area contributed by atoms with Gasteiger partial charge in [-0.05, 0) is 62.4 Å². The number of hydrogen-bond donors (Lipinski definition) is 0. The van der Waals surface area contributed by atoms with E-state index in [9.17, 15) is 0 Å². The van der Waals surface area contributed by atoms with Gasteiger partial charge in [0.2, 0.25) is 0 Å². The predicted molar refractivity (Wildman–Crippen MR) is 110 cm³/mol. The molecule has 0 radical (unpaired) electrons. The Morgan fingerprint density at radius 2 is 1.50 bits per heavy atom. The lowest BCUT2D eigenvalue weighted by atomic mass is 10.1. The molecule has 2 aromatic carbocycles. The van der Waals surface area contributed by atoms with Gasteiger partial charge in [0.25, 0.3) is 0 Å². The zero-order valence-electron chi connectivity index (χ0n) is 16.4. The fourth-order valence-electron chi connectivity index (χ4n) is 3.42. The van der Waals surface area contributed by atoms with Crippen LogP contribution >= 0.6 is 0 Å². The normalized spacial score (nSPS) is 10.9. The van der Waals surface area contributed by atoms with Crippen LogP contribution in [0.25, 0.3) is 16.6 Å². The molecule has 0 saturated carbocycles. The molecule has 4 aromatic rings.